The highest BCUT2D eigenvalue weighted by Gasteiger charge is 2.43. The molecule has 26 heavy (non-hydrogen) atoms. The van der Waals surface area contributed by atoms with Crippen molar-refractivity contribution in [2.45, 2.75) is 44.4 Å². The topological polar surface area (TPSA) is 56.0 Å². The summed E-state index contributed by atoms with van der Waals surface area (Å²) in [5.41, 5.74) is -0.00214. The zero-order chi connectivity index (χ0) is 19.2. The number of amides is 1. The van der Waals surface area contributed by atoms with E-state index in [4.69, 9.17) is 11.6 Å². The molecule has 1 atom stereocenters. The Balaban J connectivity index is 1.86. The number of carbonyl (C=O) groups excluding carboxylic acids is 1. The van der Waals surface area contributed by atoms with Gasteiger partial charge < -0.3 is 4.90 Å². The first-order chi connectivity index (χ1) is 12.1. The fraction of sp³-hybridized carbons (Fsp3) is 0.562. The predicted octanol–water partition coefficient (Wildman–Crippen LogP) is 3.39. The van der Waals surface area contributed by atoms with Crippen LogP contribution in [-0.4, -0.2) is 37.4 Å². The van der Waals surface area contributed by atoms with Crippen LogP contribution in [0.25, 0.3) is 0 Å². The van der Waals surface area contributed by atoms with Crippen LogP contribution in [0.4, 0.5) is 13.2 Å². The zero-order valence-corrected chi connectivity index (χ0v) is 15.3. The molecule has 1 saturated carbocycles. The monoisotopic (exact) mass is 389 g/mol. The molecule has 1 unspecified atom stereocenters. The number of alkyl halides is 3. The van der Waals surface area contributed by atoms with E-state index in [1.807, 2.05) is 0 Å². The molecule has 2 aromatic rings. The highest BCUT2D eigenvalue weighted by atomic mass is 35.5. The summed E-state index contributed by atoms with van der Waals surface area (Å²) in [6.07, 6.45) is 0.244. The average Bonchev–Trinajstić information content (AvgIpc) is 3.20. The van der Waals surface area contributed by atoms with Crippen molar-refractivity contribution in [2.24, 2.45) is 7.05 Å². The summed E-state index contributed by atoms with van der Waals surface area (Å²) in [5, 5.41) is 7.30. The Kier molecular flexibility index (Phi) is 4.76. The summed E-state index contributed by atoms with van der Waals surface area (Å²) in [6, 6.07) is -0.888. The molecular formula is C16H19ClF3N5O. The first-order valence-corrected chi connectivity index (χ1v) is 8.55. The quantitative estimate of drug-likeness (QED) is 0.787. The van der Waals surface area contributed by atoms with Gasteiger partial charge in [0.2, 0.25) is 5.91 Å². The fourth-order valence-electron chi connectivity index (χ4n) is 2.96. The molecule has 0 aromatic carbocycles. The molecule has 0 radical (unpaired) electrons. The molecule has 6 nitrogen and oxygen atoms in total. The van der Waals surface area contributed by atoms with E-state index in [0.29, 0.717) is 12.2 Å². The maximum absolute atomic E-state index is 13.2. The number of carbonyl (C=O) groups is 1. The van der Waals surface area contributed by atoms with E-state index in [0.717, 1.165) is 23.1 Å². The van der Waals surface area contributed by atoms with E-state index < -0.39 is 22.9 Å². The second-order valence-electron chi connectivity index (χ2n) is 6.66. The standard InChI is InChI=1S/C16H19ClF3N5O/c1-9(15(26)23(2)7-10-6-21-24(3)8-10)25-13(11-4-5-11)12(17)14(22-25)16(18,19)20/h6,8-9,11H,4-5,7H2,1-3H3. The highest BCUT2D eigenvalue weighted by Crippen LogP contribution is 2.47. The van der Waals surface area contributed by atoms with Gasteiger partial charge in [0, 0.05) is 38.3 Å². The lowest BCUT2D eigenvalue weighted by atomic mass is 10.2. The molecule has 0 spiro atoms. The number of nitrogens with zero attached hydrogens (tertiary/aromatic N) is 5. The second kappa shape index (κ2) is 6.61. The highest BCUT2D eigenvalue weighted by molar-refractivity contribution is 6.32. The van der Waals surface area contributed by atoms with E-state index in [2.05, 4.69) is 10.2 Å². The zero-order valence-electron chi connectivity index (χ0n) is 14.6. The number of aromatic nitrogens is 4. The van der Waals surface area contributed by atoms with Crippen molar-refractivity contribution in [3.8, 4) is 0 Å². The lowest BCUT2D eigenvalue weighted by Crippen LogP contribution is -2.33. The van der Waals surface area contributed by atoms with Gasteiger partial charge in [-0.3, -0.25) is 14.2 Å². The molecule has 1 aliphatic rings. The van der Waals surface area contributed by atoms with Crippen LogP contribution in [0.5, 0.6) is 0 Å². The molecule has 0 aliphatic heterocycles. The number of hydrogen-bond donors (Lipinski definition) is 0. The smallest absolute Gasteiger partial charge is 0.339 e. The first kappa shape index (κ1) is 18.8. The number of aryl methyl sites for hydroxylation is 1. The Morgan fingerprint density at radius 1 is 1.46 bits per heavy atom. The average molecular weight is 390 g/mol. The first-order valence-electron chi connectivity index (χ1n) is 8.17. The van der Waals surface area contributed by atoms with Gasteiger partial charge in [0.15, 0.2) is 5.69 Å². The van der Waals surface area contributed by atoms with Gasteiger partial charge >= 0.3 is 6.18 Å². The van der Waals surface area contributed by atoms with Gasteiger partial charge in [-0.25, -0.2) is 0 Å². The van der Waals surface area contributed by atoms with Crippen molar-refractivity contribution < 1.29 is 18.0 Å². The molecule has 0 N–H and O–H groups in total. The van der Waals surface area contributed by atoms with Crippen LogP contribution in [0, 0.1) is 0 Å². The third-order valence-corrected chi connectivity index (χ3v) is 4.77. The lowest BCUT2D eigenvalue weighted by Gasteiger charge is -2.22. The van der Waals surface area contributed by atoms with Gasteiger partial charge in [-0.15, -0.1) is 0 Å². The van der Waals surface area contributed by atoms with Crippen molar-refractivity contribution in [1.82, 2.24) is 24.5 Å². The minimum Gasteiger partial charge on any atom is -0.339 e. The van der Waals surface area contributed by atoms with Crippen LogP contribution >= 0.6 is 11.6 Å². The molecular weight excluding hydrogens is 371 g/mol. The lowest BCUT2D eigenvalue weighted by molar-refractivity contribution is -0.142. The van der Waals surface area contributed by atoms with Crippen LogP contribution in [0.3, 0.4) is 0 Å². The van der Waals surface area contributed by atoms with E-state index in [1.165, 1.54) is 11.8 Å². The molecule has 1 fully saturated rings. The molecule has 0 saturated heterocycles. The van der Waals surface area contributed by atoms with Crippen molar-refractivity contribution in [2.75, 3.05) is 7.05 Å². The summed E-state index contributed by atoms with van der Waals surface area (Å²) in [6.45, 7) is 1.84. The van der Waals surface area contributed by atoms with Crippen LogP contribution in [0.1, 0.15) is 48.7 Å². The second-order valence-corrected chi connectivity index (χ2v) is 7.03. The SMILES string of the molecule is CC(C(=O)N(C)Cc1cnn(C)c1)n1nc(C(F)(F)F)c(Cl)c1C1CC1. The molecule has 142 valence electrons. The molecule has 2 aromatic heterocycles. The van der Waals surface area contributed by atoms with Gasteiger partial charge in [0.25, 0.3) is 0 Å². The Hall–Kier alpha value is -2.03. The number of hydrogen-bond acceptors (Lipinski definition) is 3. The fourth-order valence-corrected chi connectivity index (χ4v) is 3.34. The molecule has 3 rings (SSSR count). The molecule has 10 heteroatoms. The Morgan fingerprint density at radius 3 is 2.62 bits per heavy atom. The van der Waals surface area contributed by atoms with Gasteiger partial charge in [-0.2, -0.15) is 23.4 Å². The number of likely N-dealkylation sites (N-methyl/N-ethyl adjacent to an activating group) is 1. The van der Waals surface area contributed by atoms with Gasteiger partial charge in [0.05, 0.1) is 16.9 Å². The molecule has 2 heterocycles. The Morgan fingerprint density at radius 2 is 2.12 bits per heavy atom. The molecule has 0 bridgehead atoms. The maximum atomic E-state index is 13.2. The van der Waals surface area contributed by atoms with Gasteiger partial charge in [-0.1, -0.05) is 11.6 Å². The van der Waals surface area contributed by atoms with Gasteiger partial charge in [-0.05, 0) is 19.8 Å². The summed E-state index contributed by atoms with van der Waals surface area (Å²) >= 11 is 5.97. The van der Waals surface area contributed by atoms with Gasteiger partial charge in [0.1, 0.15) is 6.04 Å². The van der Waals surface area contributed by atoms with Crippen LogP contribution in [0.2, 0.25) is 5.02 Å². The molecule has 1 amide bonds. The summed E-state index contributed by atoms with van der Waals surface area (Å²) in [7, 11) is 3.36. The van der Waals surface area contributed by atoms with Crippen molar-refractivity contribution in [3.63, 3.8) is 0 Å². The Bertz CT molecular complexity index is 824. The molecule has 1 aliphatic carbocycles. The minimum atomic E-state index is -4.66. The van der Waals surface area contributed by atoms with Crippen LogP contribution in [-0.2, 0) is 24.6 Å². The maximum Gasteiger partial charge on any atom is 0.436 e. The van der Waals surface area contributed by atoms with E-state index >= 15 is 0 Å². The van der Waals surface area contributed by atoms with Crippen molar-refractivity contribution in [1.29, 1.82) is 0 Å². The van der Waals surface area contributed by atoms with Crippen LogP contribution in [0.15, 0.2) is 12.4 Å². The number of rotatable bonds is 5. The predicted molar refractivity (Wildman–Crippen MR) is 88.6 cm³/mol. The summed E-state index contributed by atoms with van der Waals surface area (Å²) in [5.74, 6) is -0.423. The largest absolute Gasteiger partial charge is 0.436 e. The minimum absolute atomic E-state index is 0.0787. The summed E-state index contributed by atoms with van der Waals surface area (Å²) in [4.78, 5) is 14.2. The van der Waals surface area contributed by atoms with E-state index in [-0.39, 0.29) is 11.8 Å². The van der Waals surface area contributed by atoms with Crippen molar-refractivity contribution >= 4 is 17.5 Å². The Labute approximate surface area is 153 Å². The third-order valence-electron chi connectivity index (χ3n) is 4.40. The van der Waals surface area contributed by atoms with Crippen molar-refractivity contribution in [3.05, 3.63) is 34.4 Å². The third kappa shape index (κ3) is 3.58. The van der Waals surface area contributed by atoms with E-state index in [1.54, 1.807) is 31.2 Å². The van der Waals surface area contributed by atoms with Crippen LogP contribution < -0.4 is 0 Å². The summed E-state index contributed by atoms with van der Waals surface area (Å²) < 4.78 is 42.3. The van der Waals surface area contributed by atoms with E-state index in [9.17, 15) is 18.0 Å². The normalized spacial score (nSPS) is 16.0. The number of halogens is 4.